The molecule has 0 heterocycles. The van der Waals surface area contributed by atoms with Crippen LogP contribution in [-0.4, -0.2) is 16.6 Å². The molecule has 0 aliphatic heterocycles. The van der Waals surface area contributed by atoms with Crippen LogP contribution in [0.2, 0.25) is 0 Å². The van der Waals surface area contributed by atoms with Gasteiger partial charge < -0.3 is 5.11 Å². The number of carbonyl (C=O) groups is 1. The molecule has 0 aliphatic carbocycles. The molecule has 18 heavy (non-hydrogen) atoms. The zero-order valence-corrected chi connectivity index (χ0v) is 11.1. The van der Waals surface area contributed by atoms with Crippen LogP contribution < -0.4 is 5.32 Å². The van der Waals surface area contributed by atoms with Crippen molar-refractivity contribution in [3.63, 3.8) is 0 Å². The minimum Gasteiger partial charge on any atom is -0.480 e. The highest BCUT2D eigenvalue weighted by atomic mass is 19.1. The van der Waals surface area contributed by atoms with Crippen LogP contribution in [0.25, 0.3) is 0 Å². The molecule has 0 aliphatic rings. The molecule has 1 aromatic carbocycles. The first-order valence-corrected chi connectivity index (χ1v) is 6.18. The van der Waals surface area contributed by atoms with Gasteiger partial charge in [-0.1, -0.05) is 19.9 Å². The maximum Gasteiger partial charge on any atom is 0.323 e. The summed E-state index contributed by atoms with van der Waals surface area (Å²) in [4.78, 5) is 11.3. The fourth-order valence-corrected chi connectivity index (χ4v) is 2.00. The van der Waals surface area contributed by atoms with E-state index in [0.717, 1.165) is 11.1 Å². The van der Waals surface area contributed by atoms with Crippen LogP contribution in [0.5, 0.6) is 0 Å². The molecule has 0 unspecified atom stereocenters. The van der Waals surface area contributed by atoms with Gasteiger partial charge >= 0.3 is 5.97 Å². The van der Waals surface area contributed by atoms with Gasteiger partial charge in [0, 0.05) is 6.54 Å². The summed E-state index contributed by atoms with van der Waals surface area (Å²) < 4.78 is 13.0. The summed E-state index contributed by atoms with van der Waals surface area (Å²) >= 11 is 0. The molecule has 0 saturated carbocycles. The first-order chi connectivity index (χ1) is 8.45. The van der Waals surface area contributed by atoms with Crippen LogP contribution in [0, 0.1) is 12.7 Å². The Balaban J connectivity index is 2.82. The molecule has 0 saturated heterocycles. The van der Waals surface area contributed by atoms with Gasteiger partial charge in [0.15, 0.2) is 0 Å². The van der Waals surface area contributed by atoms with Gasteiger partial charge in [0.05, 0.1) is 0 Å². The lowest BCUT2D eigenvalue weighted by molar-refractivity contribution is -0.145. The fraction of sp³-hybridized carbons (Fsp3) is 0.500. The topological polar surface area (TPSA) is 49.3 Å². The van der Waals surface area contributed by atoms with E-state index in [9.17, 15) is 14.3 Å². The summed E-state index contributed by atoms with van der Waals surface area (Å²) in [6.07, 6.45) is 1.03. The molecule has 0 bridgehead atoms. The van der Waals surface area contributed by atoms with Gasteiger partial charge in [0.1, 0.15) is 11.4 Å². The SMILES string of the molecule is CCC(CC)(NCc1ccc(F)cc1C)C(=O)O. The van der Waals surface area contributed by atoms with E-state index in [1.165, 1.54) is 12.1 Å². The van der Waals surface area contributed by atoms with E-state index in [0.29, 0.717) is 19.4 Å². The van der Waals surface area contributed by atoms with E-state index in [1.807, 2.05) is 20.8 Å². The van der Waals surface area contributed by atoms with Crippen molar-refractivity contribution < 1.29 is 14.3 Å². The lowest BCUT2D eigenvalue weighted by atomic mass is 9.92. The van der Waals surface area contributed by atoms with Crippen molar-refractivity contribution in [1.82, 2.24) is 5.32 Å². The molecule has 0 radical (unpaired) electrons. The Bertz CT molecular complexity index is 428. The molecule has 0 spiro atoms. The van der Waals surface area contributed by atoms with Gasteiger partial charge in [0.25, 0.3) is 0 Å². The molecule has 1 rings (SSSR count). The molecule has 1 aromatic rings. The summed E-state index contributed by atoms with van der Waals surface area (Å²) in [6.45, 7) is 5.95. The van der Waals surface area contributed by atoms with Gasteiger partial charge in [-0.25, -0.2) is 4.39 Å². The van der Waals surface area contributed by atoms with Gasteiger partial charge in [-0.05, 0) is 43.0 Å². The Morgan fingerprint density at radius 2 is 2.00 bits per heavy atom. The zero-order chi connectivity index (χ0) is 13.8. The van der Waals surface area contributed by atoms with Crippen molar-refractivity contribution in [2.24, 2.45) is 0 Å². The minimum atomic E-state index is -0.902. The largest absolute Gasteiger partial charge is 0.480 e. The van der Waals surface area contributed by atoms with Crippen LogP contribution in [0.3, 0.4) is 0 Å². The highest BCUT2D eigenvalue weighted by Crippen LogP contribution is 2.18. The predicted octanol–water partition coefficient (Wildman–Crippen LogP) is 2.87. The third-order valence-electron chi connectivity index (χ3n) is 3.54. The normalized spacial score (nSPS) is 11.6. The van der Waals surface area contributed by atoms with Gasteiger partial charge in [0.2, 0.25) is 0 Å². The molecule has 4 heteroatoms. The van der Waals surface area contributed by atoms with Crippen LogP contribution in [0.1, 0.15) is 37.8 Å². The molecule has 0 amide bonds. The molecule has 2 N–H and O–H groups in total. The summed E-state index contributed by atoms with van der Waals surface area (Å²) in [5, 5.41) is 12.4. The monoisotopic (exact) mass is 253 g/mol. The number of halogens is 1. The van der Waals surface area contributed by atoms with Gasteiger partial charge in [-0.3, -0.25) is 10.1 Å². The van der Waals surface area contributed by atoms with Crippen molar-refractivity contribution in [2.75, 3.05) is 0 Å². The number of aryl methyl sites for hydroxylation is 1. The number of hydrogen-bond donors (Lipinski definition) is 2. The van der Waals surface area contributed by atoms with Crippen molar-refractivity contribution >= 4 is 5.97 Å². The predicted molar refractivity (Wildman–Crippen MR) is 68.9 cm³/mol. The zero-order valence-electron chi connectivity index (χ0n) is 11.1. The summed E-state index contributed by atoms with van der Waals surface area (Å²) in [5.74, 6) is -1.11. The Morgan fingerprint density at radius 1 is 1.39 bits per heavy atom. The van der Waals surface area contributed by atoms with Crippen LogP contribution in [0.4, 0.5) is 4.39 Å². The molecule has 0 fully saturated rings. The summed E-state index contributed by atoms with van der Waals surface area (Å²) in [6, 6.07) is 4.54. The van der Waals surface area contributed by atoms with E-state index in [4.69, 9.17) is 0 Å². The molecule has 0 aromatic heterocycles. The first-order valence-electron chi connectivity index (χ1n) is 6.18. The van der Waals surface area contributed by atoms with Crippen molar-refractivity contribution in [1.29, 1.82) is 0 Å². The number of benzene rings is 1. The molecule has 3 nitrogen and oxygen atoms in total. The third-order valence-corrected chi connectivity index (χ3v) is 3.54. The number of rotatable bonds is 6. The smallest absolute Gasteiger partial charge is 0.323 e. The fourth-order valence-electron chi connectivity index (χ4n) is 2.00. The second-order valence-electron chi connectivity index (χ2n) is 4.52. The highest BCUT2D eigenvalue weighted by Gasteiger charge is 2.33. The molecular formula is C14H20FNO2. The third kappa shape index (κ3) is 3.07. The number of aliphatic carboxylic acids is 1. The average Bonchev–Trinajstić information content (AvgIpc) is 2.32. The molecule has 100 valence electrons. The Labute approximate surface area is 107 Å². The van der Waals surface area contributed by atoms with Crippen LogP contribution >= 0.6 is 0 Å². The average molecular weight is 253 g/mol. The highest BCUT2D eigenvalue weighted by molar-refractivity contribution is 5.78. The quantitative estimate of drug-likeness (QED) is 0.819. The van der Waals surface area contributed by atoms with E-state index in [2.05, 4.69) is 5.32 Å². The van der Waals surface area contributed by atoms with Gasteiger partial charge in [-0.2, -0.15) is 0 Å². The number of carboxylic acids is 1. The Morgan fingerprint density at radius 3 is 2.44 bits per heavy atom. The van der Waals surface area contributed by atoms with E-state index in [1.54, 1.807) is 6.07 Å². The first kappa shape index (κ1) is 14.6. The van der Waals surface area contributed by atoms with Crippen LogP contribution in [0.15, 0.2) is 18.2 Å². The molecular weight excluding hydrogens is 233 g/mol. The van der Waals surface area contributed by atoms with Crippen molar-refractivity contribution in [3.05, 3.63) is 35.1 Å². The Hall–Kier alpha value is -1.42. The second kappa shape index (κ2) is 5.96. The summed E-state index contributed by atoms with van der Waals surface area (Å²) in [5.41, 5.74) is 0.846. The van der Waals surface area contributed by atoms with Crippen LogP contribution in [-0.2, 0) is 11.3 Å². The summed E-state index contributed by atoms with van der Waals surface area (Å²) in [7, 11) is 0. The number of hydrogen-bond acceptors (Lipinski definition) is 2. The van der Waals surface area contributed by atoms with Gasteiger partial charge in [-0.15, -0.1) is 0 Å². The maximum absolute atomic E-state index is 13.0. The maximum atomic E-state index is 13.0. The lowest BCUT2D eigenvalue weighted by Crippen LogP contribution is -2.50. The standard InChI is InChI=1S/C14H20FNO2/c1-4-14(5-2,13(17)18)16-9-11-6-7-12(15)8-10(11)3/h6-8,16H,4-5,9H2,1-3H3,(H,17,18). The van der Waals surface area contributed by atoms with Crippen molar-refractivity contribution in [3.8, 4) is 0 Å². The van der Waals surface area contributed by atoms with E-state index >= 15 is 0 Å². The van der Waals surface area contributed by atoms with E-state index in [-0.39, 0.29) is 5.82 Å². The second-order valence-corrected chi connectivity index (χ2v) is 4.52. The van der Waals surface area contributed by atoms with Crippen molar-refractivity contribution in [2.45, 2.75) is 45.7 Å². The van der Waals surface area contributed by atoms with E-state index < -0.39 is 11.5 Å². The Kier molecular flexibility index (Phi) is 4.84. The molecule has 0 atom stereocenters. The lowest BCUT2D eigenvalue weighted by Gasteiger charge is -2.28. The number of carboxylic acid groups (broad SMARTS) is 1. The minimum absolute atomic E-state index is 0.272. The number of nitrogens with one attached hydrogen (secondary N) is 1.